The summed E-state index contributed by atoms with van der Waals surface area (Å²) in [5.41, 5.74) is 0. The molecule has 13 heavy (non-hydrogen) atoms. The standard InChI is InChI=1S/C10H16O3/c1-7-4-6-13-10(7)9(11)8-3-2-5-12-8/h3,7,9-11H,2,4-6H2,1H3. The molecule has 1 saturated heterocycles. The summed E-state index contributed by atoms with van der Waals surface area (Å²) in [5, 5.41) is 9.90. The van der Waals surface area contributed by atoms with Gasteiger partial charge in [0, 0.05) is 13.0 Å². The zero-order chi connectivity index (χ0) is 9.26. The van der Waals surface area contributed by atoms with Gasteiger partial charge in [-0.15, -0.1) is 0 Å². The van der Waals surface area contributed by atoms with Gasteiger partial charge in [0.2, 0.25) is 0 Å². The lowest BCUT2D eigenvalue weighted by Gasteiger charge is -2.21. The Bertz CT molecular complexity index is 212. The van der Waals surface area contributed by atoms with Crippen LogP contribution in [0.3, 0.4) is 0 Å². The van der Waals surface area contributed by atoms with E-state index >= 15 is 0 Å². The van der Waals surface area contributed by atoms with Crippen LogP contribution in [0.2, 0.25) is 0 Å². The fraction of sp³-hybridized carbons (Fsp3) is 0.800. The molecule has 2 rings (SSSR count). The van der Waals surface area contributed by atoms with E-state index in [1.807, 2.05) is 6.08 Å². The molecule has 2 aliphatic heterocycles. The molecule has 2 heterocycles. The number of aliphatic hydroxyl groups excluding tert-OH is 1. The molecule has 0 radical (unpaired) electrons. The van der Waals surface area contributed by atoms with Gasteiger partial charge >= 0.3 is 0 Å². The summed E-state index contributed by atoms with van der Waals surface area (Å²) in [5.74, 6) is 1.14. The molecule has 0 amide bonds. The third kappa shape index (κ3) is 1.71. The van der Waals surface area contributed by atoms with Crippen LogP contribution >= 0.6 is 0 Å². The third-order valence-electron chi connectivity index (χ3n) is 2.78. The minimum Gasteiger partial charge on any atom is -0.495 e. The zero-order valence-corrected chi connectivity index (χ0v) is 7.90. The minimum absolute atomic E-state index is 0.0654. The van der Waals surface area contributed by atoms with Crippen molar-refractivity contribution in [1.29, 1.82) is 0 Å². The quantitative estimate of drug-likeness (QED) is 0.697. The van der Waals surface area contributed by atoms with Crippen LogP contribution in [0.15, 0.2) is 11.8 Å². The van der Waals surface area contributed by atoms with Crippen LogP contribution < -0.4 is 0 Å². The van der Waals surface area contributed by atoms with E-state index in [9.17, 15) is 5.11 Å². The summed E-state index contributed by atoms with van der Waals surface area (Å²) in [6.07, 6.45) is 3.28. The minimum atomic E-state index is -0.556. The van der Waals surface area contributed by atoms with Gasteiger partial charge in [0.05, 0.1) is 12.7 Å². The topological polar surface area (TPSA) is 38.7 Å². The first-order valence-electron chi connectivity index (χ1n) is 4.91. The van der Waals surface area contributed by atoms with Crippen LogP contribution in [-0.2, 0) is 9.47 Å². The average Bonchev–Trinajstić information content (AvgIpc) is 2.72. The maximum Gasteiger partial charge on any atom is 0.137 e. The second-order valence-electron chi connectivity index (χ2n) is 3.79. The Balaban J connectivity index is 1.99. The van der Waals surface area contributed by atoms with Crippen LogP contribution in [-0.4, -0.2) is 30.5 Å². The Labute approximate surface area is 78.3 Å². The molecule has 0 aliphatic carbocycles. The van der Waals surface area contributed by atoms with E-state index in [1.165, 1.54) is 0 Å². The molecule has 1 N–H and O–H groups in total. The van der Waals surface area contributed by atoms with Crippen molar-refractivity contribution in [3.63, 3.8) is 0 Å². The van der Waals surface area contributed by atoms with Crippen LogP contribution in [0, 0.1) is 5.92 Å². The van der Waals surface area contributed by atoms with Crippen LogP contribution in [0.5, 0.6) is 0 Å². The Morgan fingerprint density at radius 2 is 2.38 bits per heavy atom. The SMILES string of the molecule is CC1CCOC1C(O)C1=CCCO1. The summed E-state index contributed by atoms with van der Waals surface area (Å²) >= 11 is 0. The van der Waals surface area contributed by atoms with Gasteiger partial charge in [-0.3, -0.25) is 0 Å². The van der Waals surface area contributed by atoms with Gasteiger partial charge in [0.15, 0.2) is 0 Å². The zero-order valence-electron chi connectivity index (χ0n) is 7.90. The molecule has 0 aromatic rings. The van der Waals surface area contributed by atoms with Gasteiger partial charge in [-0.05, 0) is 18.4 Å². The Hall–Kier alpha value is -0.540. The molecular weight excluding hydrogens is 168 g/mol. The maximum absolute atomic E-state index is 9.90. The first-order chi connectivity index (χ1) is 6.29. The molecule has 2 aliphatic rings. The van der Waals surface area contributed by atoms with Crippen molar-refractivity contribution in [3.8, 4) is 0 Å². The lowest BCUT2D eigenvalue weighted by molar-refractivity contribution is -0.0219. The highest BCUT2D eigenvalue weighted by atomic mass is 16.5. The van der Waals surface area contributed by atoms with Gasteiger partial charge in [-0.2, -0.15) is 0 Å². The number of ether oxygens (including phenoxy) is 2. The second-order valence-corrected chi connectivity index (χ2v) is 3.79. The third-order valence-corrected chi connectivity index (χ3v) is 2.78. The fourth-order valence-corrected chi connectivity index (χ4v) is 1.93. The Morgan fingerprint density at radius 3 is 2.92 bits per heavy atom. The number of hydrogen-bond acceptors (Lipinski definition) is 3. The van der Waals surface area contributed by atoms with E-state index in [1.54, 1.807) is 0 Å². The summed E-state index contributed by atoms with van der Waals surface area (Å²) < 4.78 is 10.8. The predicted molar refractivity (Wildman–Crippen MR) is 48.2 cm³/mol. The van der Waals surface area contributed by atoms with Gasteiger partial charge in [0.25, 0.3) is 0 Å². The summed E-state index contributed by atoms with van der Waals surface area (Å²) in [6.45, 7) is 3.57. The highest BCUT2D eigenvalue weighted by Crippen LogP contribution is 2.28. The van der Waals surface area contributed by atoms with E-state index < -0.39 is 6.10 Å². The molecule has 1 fully saturated rings. The van der Waals surface area contributed by atoms with Gasteiger partial charge in [0.1, 0.15) is 11.9 Å². The van der Waals surface area contributed by atoms with Crippen LogP contribution in [0.1, 0.15) is 19.8 Å². The summed E-state index contributed by atoms with van der Waals surface area (Å²) in [6, 6.07) is 0. The van der Waals surface area contributed by atoms with Crippen molar-refractivity contribution in [3.05, 3.63) is 11.8 Å². The highest BCUT2D eigenvalue weighted by Gasteiger charge is 2.34. The molecule has 0 aromatic carbocycles. The smallest absolute Gasteiger partial charge is 0.137 e. The summed E-state index contributed by atoms with van der Waals surface area (Å²) in [4.78, 5) is 0. The largest absolute Gasteiger partial charge is 0.495 e. The number of hydrogen-bond donors (Lipinski definition) is 1. The molecular formula is C10H16O3. The van der Waals surface area contributed by atoms with Gasteiger partial charge < -0.3 is 14.6 Å². The van der Waals surface area contributed by atoms with E-state index in [4.69, 9.17) is 9.47 Å². The molecule has 3 atom stereocenters. The first-order valence-corrected chi connectivity index (χ1v) is 4.91. The van der Waals surface area contributed by atoms with E-state index in [-0.39, 0.29) is 6.10 Å². The second kappa shape index (κ2) is 3.68. The van der Waals surface area contributed by atoms with Gasteiger partial charge in [-0.25, -0.2) is 0 Å². The Morgan fingerprint density at radius 1 is 1.54 bits per heavy atom. The molecule has 3 unspecified atom stereocenters. The maximum atomic E-state index is 9.90. The molecule has 0 saturated carbocycles. The lowest BCUT2D eigenvalue weighted by Crippen LogP contribution is -2.31. The van der Waals surface area contributed by atoms with Crippen LogP contribution in [0.4, 0.5) is 0 Å². The summed E-state index contributed by atoms with van der Waals surface area (Å²) in [7, 11) is 0. The predicted octanol–water partition coefficient (Wildman–Crippen LogP) is 1.08. The first kappa shape index (κ1) is 9.03. The average molecular weight is 184 g/mol. The number of rotatable bonds is 2. The monoisotopic (exact) mass is 184 g/mol. The van der Waals surface area contributed by atoms with E-state index in [0.717, 1.165) is 19.4 Å². The van der Waals surface area contributed by atoms with E-state index in [2.05, 4.69) is 6.92 Å². The molecule has 0 aromatic heterocycles. The van der Waals surface area contributed by atoms with Crippen molar-refractivity contribution in [2.45, 2.75) is 32.0 Å². The molecule has 3 nitrogen and oxygen atoms in total. The van der Waals surface area contributed by atoms with Crippen molar-refractivity contribution < 1.29 is 14.6 Å². The molecule has 3 heteroatoms. The van der Waals surface area contributed by atoms with Crippen molar-refractivity contribution in [2.75, 3.05) is 13.2 Å². The highest BCUT2D eigenvalue weighted by molar-refractivity contribution is 5.07. The van der Waals surface area contributed by atoms with E-state index in [0.29, 0.717) is 18.3 Å². The molecule has 0 bridgehead atoms. The number of aliphatic hydroxyl groups is 1. The Kier molecular flexibility index (Phi) is 2.56. The molecule has 0 spiro atoms. The van der Waals surface area contributed by atoms with Gasteiger partial charge in [-0.1, -0.05) is 6.92 Å². The fourth-order valence-electron chi connectivity index (χ4n) is 1.93. The lowest BCUT2D eigenvalue weighted by atomic mass is 9.98. The van der Waals surface area contributed by atoms with Crippen LogP contribution in [0.25, 0.3) is 0 Å². The van der Waals surface area contributed by atoms with Crippen molar-refractivity contribution >= 4 is 0 Å². The van der Waals surface area contributed by atoms with Crippen molar-refractivity contribution in [1.82, 2.24) is 0 Å². The van der Waals surface area contributed by atoms with Crippen molar-refractivity contribution in [2.24, 2.45) is 5.92 Å². The normalized spacial score (nSPS) is 35.7. The molecule has 74 valence electrons.